The molecule has 0 radical (unpaired) electrons. The van der Waals surface area contributed by atoms with Crippen LogP contribution in [0.1, 0.15) is 18.2 Å². The SMILES string of the molecule is CCOOCc1ccc(CO)nc1. The van der Waals surface area contributed by atoms with Crippen molar-refractivity contribution in [1.82, 2.24) is 4.98 Å². The van der Waals surface area contributed by atoms with Gasteiger partial charge in [0.15, 0.2) is 0 Å². The van der Waals surface area contributed by atoms with E-state index in [0.29, 0.717) is 18.9 Å². The molecule has 0 aliphatic heterocycles. The van der Waals surface area contributed by atoms with Crippen molar-refractivity contribution in [3.8, 4) is 0 Å². The van der Waals surface area contributed by atoms with Crippen LogP contribution in [0.15, 0.2) is 18.3 Å². The van der Waals surface area contributed by atoms with Crippen LogP contribution in [0.5, 0.6) is 0 Å². The quantitative estimate of drug-likeness (QED) is 0.421. The Balaban J connectivity index is 2.40. The summed E-state index contributed by atoms with van der Waals surface area (Å²) in [4.78, 5) is 13.5. The fourth-order valence-corrected chi connectivity index (χ4v) is 0.827. The topological polar surface area (TPSA) is 51.6 Å². The second-order valence-electron chi connectivity index (χ2n) is 2.48. The number of pyridine rings is 1. The Labute approximate surface area is 77.1 Å². The van der Waals surface area contributed by atoms with E-state index in [2.05, 4.69) is 4.98 Å². The molecule has 0 fully saturated rings. The highest BCUT2D eigenvalue weighted by atomic mass is 17.2. The summed E-state index contributed by atoms with van der Waals surface area (Å²) in [6.45, 7) is 2.73. The normalized spacial score (nSPS) is 10.3. The molecule has 0 bridgehead atoms. The van der Waals surface area contributed by atoms with Gasteiger partial charge in [-0.25, -0.2) is 9.78 Å². The minimum atomic E-state index is -0.0351. The molecule has 0 aromatic carbocycles. The summed E-state index contributed by atoms with van der Waals surface area (Å²) in [5, 5.41) is 8.72. The Kier molecular flexibility index (Phi) is 4.39. The van der Waals surface area contributed by atoms with Crippen molar-refractivity contribution in [2.45, 2.75) is 20.1 Å². The minimum Gasteiger partial charge on any atom is -0.390 e. The van der Waals surface area contributed by atoms with Gasteiger partial charge in [-0.2, -0.15) is 0 Å². The van der Waals surface area contributed by atoms with E-state index < -0.39 is 0 Å². The van der Waals surface area contributed by atoms with Gasteiger partial charge >= 0.3 is 0 Å². The Morgan fingerprint density at radius 2 is 2.23 bits per heavy atom. The molecule has 1 rings (SSSR count). The highest BCUT2D eigenvalue weighted by Gasteiger charge is 1.95. The molecule has 72 valence electrons. The third-order valence-corrected chi connectivity index (χ3v) is 1.47. The number of aromatic nitrogens is 1. The van der Waals surface area contributed by atoms with E-state index in [1.165, 1.54) is 0 Å². The predicted molar refractivity (Wildman–Crippen MR) is 46.6 cm³/mol. The lowest BCUT2D eigenvalue weighted by atomic mass is 10.3. The lowest BCUT2D eigenvalue weighted by molar-refractivity contribution is -0.300. The van der Waals surface area contributed by atoms with Gasteiger partial charge in [0.25, 0.3) is 0 Å². The van der Waals surface area contributed by atoms with Crippen LogP contribution in [-0.2, 0) is 23.0 Å². The molecule has 1 heterocycles. The Morgan fingerprint density at radius 1 is 1.38 bits per heavy atom. The average Bonchev–Trinajstić information content (AvgIpc) is 2.19. The fraction of sp³-hybridized carbons (Fsp3) is 0.444. The van der Waals surface area contributed by atoms with Crippen molar-refractivity contribution < 1.29 is 14.9 Å². The predicted octanol–water partition coefficient (Wildman–Crippen LogP) is 1.04. The van der Waals surface area contributed by atoms with Gasteiger partial charge in [0.05, 0.1) is 18.9 Å². The number of hydrogen-bond donors (Lipinski definition) is 1. The molecular formula is C9H13NO3. The lowest BCUT2D eigenvalue weighted by Gasteiger charge is -2.01. The van der Waals surface area contributed by atoms with E-state index >= 15 is 0 Å². The molecule has 0 spiro atoms. The summed E-state index contributed by atoms with van der Waals surface area (Å²) in [7, 11) is 0. The molecule has 0 aliphatic rings. The molecule has 0 saturated heterocycles. The van der Waals surface area contributed by atoms with Gasteiger partial charge in [0.1, 0.15) is 6.61 Å². The number of aliphatic hydroxyl groups excluding tert-OH is 1. The van der Waals surface area contributed by atoms with E-state index in [0.717, 1.165) is 5.56 Å². The van der Waals surface area contributed by atoms with Crippen molar-refractivity contribution in [2.24, 2.45) is 0 Å². The van der Waals surface area contributed by atoms with Gasteiger partial charge in [0.2, 0.25) is 0 Å². The van der Waals surface area contributed by atoms with Crippen LogP contribution in [-0.4, -0.2) is 16.7 Å². The molecule has 4 heteroatoms. The van der Waals surface area contributed by atoms with E-state index in [-0.39, 0.29) is 6.61 Å². The first-order chi connectivity index (χ1) is 6.36. The minimum absolute atomic E-state index is 0.0351. The van der Waals surface area contributed by atoms with Crippen molar-refractivity contribution in [2.75, 3.05) is 6.61 Å². The van der Waals surface area contributed by atoms with Crippen LogP contribution in [0, 0.1) is 0 Å². The van der Waals surface area contributed by atoms with Gasteiger partial charge in [-0.3, -0.25) is 4.98 Å². The van der Waals surface area contributed by atoms with Gasteiger partial charge in [-0.15, -0.1) is 0 Å². The smallest absolute Gasteiger partial charge is 0.109 e. The number of rotatable bonds is 5. The van der Waals surface area contributed by atoms with Crippen LogP contribution in [0.3, 0.4) is 0 Å². The summed E-state index contributed by atoms with van der Waals surface area (Å²) in [6, 6.07) is 3.60. The zero-order chi connectivity index (χ0) is 9.52. The van der Waals surface area contributed by atoms with Crippen molar-refractivity contribution in [1.29, 1.82) is 0 Å². The number of aliphatic hydroxyl groups is 1. The van der Waals surface area contributed by atoms with Crippen molar-refractivity contribution in [3.63, 3.8) is 0 Å². The van der Waals surface area contributed by atoms with Crippen molar-refractivity contribution >= 4 is 0 Å². The van der Waals surface area contributed by atoms with E-state index in [1.54, 1.807) is 12.3 Å². The molecule has 1 N–H and O–H groups in total. The highest BCUT2D eigenvalue weighted by molar-refractivity contribution is 5.12. The summed E-state index contributed by atoms with van der Waals surface area (Å²) >= 11 is 0. The zero-order valence-corrected chi connectivity index (χ0v) is 7.56. The first-order valence-corrected chi connectivity index (χ1v) is 4.16. The Hall–Kier alpha value is -0.970. The standard InChI is InChI=1S/C9H13NO3/c1-2-12-13-7-8-3-4-9(6-11)10-5-8/h3-5,11H,2,6-7H2,1H3. The molecule has 1 aromatic heterocycles. The fourth-order valence-electron chi connectivity index (χ4n) is 0.827. The zero-order valence-electron chi connectivity index (χ0n) is 7.56. The second kappa shape index (κ2) is 5.64. The van der Waals surface area contributed by atoms with Gasteiger partial charge in [0, 0.05) is 6.20 Å². The summed E-state index contributed by atoms with van der Waals surface area (Å²) < 4.78 is 0. The van der Waals surface area contributed by atoms with E-state index in [4.69, 9.17) is 14.9 Å². The van der Waals surface area contributed by atoms with E-state index in [9.17, 15) is 0 Å². The van der Waals surface area contributed by atoms with Crippen molar-refractivity contribution in [3.05, 3.63) is 29.6 Å². The Bertz CT molecular complexity index is 235. The molecule has 4 nitrogen and oxygen atoms in total. The largest absolute Gasteiger partial charge is 0.390 e. The highest BCUT2D eigenvalue weighted by Crippen LogP contribution is 2.02. The van der Waals surface area contributed by atoms with Gasteiger partial charge in [-0.05, 0) is 18.6 Å². The van der Waals surface area contributed by atoms with Gasteiger partial charge in [-0.1, -0.05) is 6.07 Å². The molecule has 0 aliphatic carbocycles. The number of hydrogen-bond acceptors (Lipinski definition) is 4. The second-order valence-corrected chi connectivity index (χ2v) is 2.48. The van der Waals surface area contributed by atoms with Gasteiger partial charge < -0.3 is 5.11 Å². The van der Waals surface area contributed by atoms with Crippen LogP contribution < -0.4 is 0 Å². The summed E-state index contributed by atoms with van der Waals surface area (Å²) in [5.74, 6) is 0. The average molecular weight is 183 g/mol. The first kappa shape index (κ1) is 10.1. The maximum Gasteiger partial charge on any atom is 0.109 e. The van der Waals surface area contributed by atoms with Crippen LogP contribution in [0.4, 0.5) is 0 Å². The first-order valence-electron chi connectivity index (χ1n) is 4.16. The third kappa shape index (κ3) is 3.50. The van der Waals surface area contributed by atoms with Crippen LogP contribution in [0.2, 0.25) is 0 Å². The lowest BCUT2D eigenvalue weighted by Crippen LogP contribution is -1.96. The monoisotopic (exact) mass is 183 g/mol. The molecule has 0 saturated carbocycles. The molecule has 0 unspecified atom stereocenters. The molecule has 1 aromatic rings. The van der Waals surface area contributed by atoms with E-state index in [1.807, 2.05) is 13.0 Å². The Morgan fingerprint density at radius 3 is 2.77 bits per heavy atom. The third-order valence-electron chi connectivity index (χ3n) is 1.47. The number of nitrogens with zero attached hydrogens (tertiary/aromatic N) is 1. The van der Waals surface area contributed by atoms with Crippen LogP contribution >= 0.6 is 0 Å². The molecule has 0 atom stereocenters. The maximum absolute atomic E-state index is 8.72. The van der Waals surface area contributed by atoms with Crippen LogP contribution in [0.25, 0.3) is 0 Å². The molecular weight excluding hydrogens is 170 g/mol. The maximum atomic E-state index is 8.72. The molecule has 13 heavy (non-hydrogen) atoms. The summed E-state index contributed by atoms with van der Waals surface area (Å²) in [5.41, 5.74) is 1.57. The summed E-state index contributed by atoms with van der Waals surface area (Å²) in [6.07, 6.45) is 1.66. The molecule has 0 amide bonds.